The van der Waals surface area contributed by atoms with Gasteiger partial charge in [0.25, 0.3) is 0 Å². The lowest BCUT2D eigenvalue weighted by atomic mass is 10.3. The van der Waals surface area contributed by atoms with Gasteiger partial charge in [0.15, 0.2) is 0 Å². The first-order valence-corrected chi connectivity index (χ1v) is 4.74. The van der Waals surface area contributed by atoms with E-state index in [1.807, 2.05) is 0 Å². The molecule has 1 amide bonds. The first kappa shape index (κ1) is 14.2. The Morgan fingerprint density at radius 3 is 2.73 bits per heavy atom. The molecule has 0 spiro atoms. The Bertz CT molecular complexity index is 405. The Hall–Kier alpha value is -0.850. The molecular weight excluding hydrogens is 285 g/mol. The summed E-state index contributed by atoms with van der Waals surface area (Å²) in [6.07, 6.45) is 2.90. The molecule has 1 rings (SSSR count). The number of hydrogen-bond acceptors (Lipinski definition) is 3. The highest BCUT2D eigenvalue weighted by atomic mass is 79.9. The SMILES string of the molecule is C[C@@H](N)C(=O)Nc1c[nH]cc(Br)c1=O.Cl. The zero-order valence-electron chi connectivity index (χ0n) is 7.91. The fourth-order valence-corrected chi connectivity index (χ4v) is 1.14. The topological polar surface area (TPSA) is 88.0 Å². The van der Waals surface area contributed by atoms with Gasteiger partial charge in [-0.25, -0.2) is 0 Å². The van der Waals surface area contributed by atoms with Crippen molar-refractivity contribution in [3.05, 3.63) is 27.1 Å². The van der Waals surface area contributed by atoms with Crippen LogP contribution in [0.3, 0.4) is 0 Å². The summed E-state index contributed by atoms with van der Waals surface area (Å²) in [4.78, 5) is 25.3. The summed E-state index contributed by atoms with van der Waals surface area (Å²) in [7, 11) is 0. The van der Waals surface area contributed by atoms with Crippen LogP contribution in [-0.4, -0.2) is 16.9 Å². The molecule has 1 aromatic rings. The second kappa shape index (κ2) is 5.89. The fraction of sp³-hybridized carbons (Fsp3) is 0.250. The van der Waals surface area contributed by atoms with Gasteiger partial charge in [-0.15, -0.1) is 12.4 Å². The predicted octanol–water partition coefficient (Wildman–Crippen LogP) is 0.845. The first-order valence-electron chi connectivity index (χ1n) is 3.95. The monoisotopic (exact) mass is 295 g/mol. The quantitative estimate of drug-likeness (QED) is 0.756. The first-order chi connectivity index (χ1) is 6.52. The lowest BCUT2D eigenvalue weighted by molar-refractivity contribution is -0.117. The molecule has 0 radical (unpaired) electrons. The van der Waals surface area contributed by atoms with Gasteiger partial charge < -0.3 is 16.0 Å². The molecular formula is C8H11BrClN3O2. The van der Waals surface area contributed by atoms with Gasteiger partial charge in [0.2, 0.25) is 11.3 Å². The maximum Gasteiger partial charge on any atom is 0.241 e. The molecule has 0 saturated carbocycles. The van der Waals surface area contributed by atoms with Gasteiger partial charge in [-0.1, -0.05) is 0 Å². The molecule has 15 heavy (non-hydrogen) atoms. The molecule has 0 aromatic carbocycles. The molecule has 0 bridgehead atoms. The Morgan fingerprint density at radius 1 is 1.60 bits per heavy atom. The Labute approximate surface area is 101 Å². The van der Waals surface area contributed by atoms with E-state index in [0.29, 0.717) is 4.47 Å². The predicted molar refractivity (Wildman–Crippen MR) is 64.3 cm³/mol. The van der Waals surface area contributed by atoms with Gasteiger partial charge >= 0.3 is 0 Å². The lowest BCUT2D eigenvalue weighted by Crippen LogP contribution is -2.34. The zero-order valence-corrected chi connectivity index (χ0v) is 10.3. The number of carbonyl (C=O) groups is 1. The molecule has 0 aliphatic carbocycles. The number of H-pyrrole nitrogens is 1. The van der Waals surface area contributed by atoms with Crippen molar-refractivity contribution in [2.75, 3.05) is 5.32 Å². The number of anilines is 1. The number of aromatic amines is 1. The highest BCUT2D eigenvalue weighted by Gasteiger charge is 2.10. The summed E-state index contributed by atoms with van der Waals surface area (Å²) in [5, 5.41) is 2.41. The number of nitrogens with two attached hydrogens (primary N) is 1. The van der Waals surface area contributed by atoms with Gasteiger partial charge in [0.1, 0.15) is 5.69 Å². The van der Waals surface area contributed by atoms with E-state index in [-0.39, 0.29) is 23.5 Å². The van der Waals surface area contributed by atoms with Gasteiger partial charge in [-0.2, -0.15) is 0 Å². The summed E-state index contributed by atoms with van der Waals surface area (Å²) in [6, 6.07) is -0.645. The van der Waals surface area contributed by atoms with E-state index < -0.39 is 11.9 Å². The largest absolute Gasteiger partial charge is 0.365 e. The summed E-state index contributed by atoms with van der Waals surface area (Å²) >= 11 is 3.05. The molecule has 5 nitrogen and oxygen atoms in total. The zero-order chi connectivity index (χ0) is 10.7. The summed E-state index contributed by atoms with van der Waals surface area (Å²) in [5.74, 6) is -0.395. The molecule has 0 fully saturated rings. The minimum atomic E-state index is -0.645. The second-order valence-corrected chi connectivity index (χ2v) is 3.68. The van der Waals surface area contributed by atoms with Crippen LogP contribution in [0.1, 0.15) is 6.92 Å². The van der Waals surface area contributed by atoms with E-state index in [2.05, 4.69) is 26.2 Å². The molecule has 0 saturated heterocycles. The minimum absolute atomic E-state index is 0. The van der Waals surface area contributed by atoms with Crippen LogP contribution < -0.4 is 16.5 Å². The Kier molecular flexibility index (Phi) is 5.56. The lowest BCUT2D eigenvalue weighted by Gasteiger charge is -2.06. The van der Waals surface area contributed by atoms with Crippen molar-refractivity contribution in [1.82, 2.24) is 4.98 Å². The smallest absolute Gasteiger partial charge is 0.241 e. The summed E-state index contributed by atoms with van der Waals surface area (Å²) in [6.45, 7) is 1.54. The number of rotatable bonds is 2. The molecule has 0 aliphatic heterocycles. The van der Waals surface area contributed by atoms with Crippen LogP contribution in [0, 0.1) is 0 Å². The average molecular weight is 297 g/mol. The van der Waals surface area contributed by atoms with Crippen LogP contribution in [0.5, 0.6) is 0 Å². The van der Waals surface area contributed by atoms with Crippen LogP contribution in [0.15, 0.2) is 21.7 Å². The van der Waals surface area contributed by atoms with Crippen molar-refractivity contribution >= 4 is 39.9 Å². The number of nitrogens with one attached hydrogen (secondary N) is 2. The Balaban J connectivity index is 0.00000196. The number of hydrogen-bond donors (Lipinski definition) is 3. The summed E-state index contributed by atoms with van der Waals surface area (Å²) in [5.41, 5.74) is 5.24. The fourth-order valence-electron chi connectivity index (χ4n) is 0.797. The highest BCUT2D eigenvalue weighted by molar-refractivity contribution is 9.10. The molecule has 1 heterocycles. The molecule has 1 aromatic heterocycles. The summed E-state index contributed by atoms with van der Waals surface area (Å²) < 4.78 is 0.361. The van der Waals surface area contributed by atoms with E-state index in [0.717, 1.165) is 0 Å². The standard InChI is InChI=1S/C8H10BrN3O2.ClH/c1-4(10)8(14)12-6-3-11-2-5(9)7(6)13;/h2-4H,10H2,1H3,(H,11,13)(H,12,14);1H/t4-;/m1./s1. The molecule has 7 heteroatoms. The van der Waals surface area contributed by atoms with E-state index in [1.165, 1.54) is 12.4 Å². The molecule has 4 N–H and O–H groups in total. The molecule has 0 aliphatic rings. The van der Waals surface area contributed by atoms with Crippen LogP contribution in [0.4, 0.5) is 5.69 Å². The van der Waals surface area contributed by atoms with E-state index in [1.54, 1.807) is 6.92 Å². The number of halogens is 2. The maximum atomic E-state index is 11.4. The maximum absolute atomic E-state index is 11.4. The van der Waals surface area contributed by atoms with Crippen molar-refractivity contribution in [2.45, 2.75) is 13.0 Å². The second-order valence-electron chi connectivity index (χ2n) is 2.82. The van der Waals surface area contributed by atoms with Crippen molar-refractivity contribution in [1.29, 1.82) is 0 Å². The normalized spacial score (nSPS) is 11.4. The van der Waals surface area contributed by atoms with Crippen molar-refractivity contribution in [3.8, 4) is 0 Å². The van der Waals surface area contributed by atoms with Crippen LogP contribution >= 0.6 is 28.3 Å². The van der Waals surface area contributed by atoms with Gasteiger partial charge in [0, 0.05) is 12.4 Å². The number of pyridine rings is 1. The molecule has 0 unspecified atom stereocenters. The van der Waals surface area contributed by atoms with E-state index in [9.17, 15) is 9.59 Å². The van der Waals surface area contributed by atoms with Crippen LogP contribution in [0.25, 0.3) is 0 Å². The number of amides is 1. The van der Waals surface area contributed by atoms with Crippen molar-refractivity contribution < 1.29 is 4.79 Å². The van der Waals surface area contributed by atoms with E-state index in [4.69, 9.17) is 5.73 Å². The van der Waals surface area contributed by atoms with Crippen LogP contribution in [-0.2, 0) is 4.79 Å². The minimum Gasteiger partial charge on any atom is -0.365 e. The Morgan fingerprint density at radius 2 is 2.20 bits per heavy atom. The van der Waals surface area contributed by atoms with Gasteiger partial charge in [-0.05, 0) is 22.9 Å². The number of carbonyl (C=O) groups excluding carboxylic acids is 1. The van der Waals surface area contributed by atoms with Crippen LogP contribution in [0.2, 0.25) is 0 Å². The van der Waals surface area contributed by atoms with E-state index >= 15 is 0 Å². The molecule has 1 atom stereocenters. The third-order valence-corrected chi connectivity index (χ3v) is 2.16. The average Bonchev–Trinajstić information content (AvgIpc) is 2.12. The van der Waals surface area contributed by atoms with Gasteiger partial charge in [-0.3, -0.25) is 9.59 Å². The third-order valence-electron chi connectivity index (χ3n) is 1.57. The van der Waals surface area contributed by atoms with Crippen molar-refractivity contribution in [3.63, 3.8) is 0 Å². The van der Waals surface area contributed by atoms with Gasteiger partial charge in [0.05, 0.1) is 10.5 Å². The highest BCUT2D eigenvalue weighted by Crippen LogP contribution is 2.05. The third kappa shape index (κ3) is 3.65. The number of aromatic nitrogens is 1. The molecule has 84 valence electrons. The van der Waals surface area contributed by atoms with Crippen molar-refractivity contribution in [2.24, 2.45) is 5.73 Å².